The molecule has 6 rings (SSSR count). The van der Waals surface area contributed by atoms with Crippen molar-refractivity contribution in [3.8, 4) is 44.5 Å². The lowest BCUT2D eigenvalue weighted by molar-refractivity contribution is 0.00578. The molecule has 1 fully saturated rings. The molecule has 0 saturated carbocycles. The molecule has 0 N–H and O–H groups in total. The van der Waals surface area contributed by atoms with Crippen molar-refractivity contribution in [1.29, 1.82) is 0 Å². The maximum absolute atomic E-state index is 6.71. The first-order valence-corrected chi connectivity index (χ1v) is 26.7. The molecule has 1 aliphatic rings. The van der Waals surface area contributed by atoms with Gasteiger partial charge in [0.05, 0.1) is 11.2 Å². The van der Waals surface area contributed by atoms with Gasteiger partial charge in [0, 0.05) is 3.57 Å². The van der Waals surface area contributed by atoms with Crippen molar-refractivity contribution in [2.75, 3.05) is 0 Å². The molecule has 0 aliphatic carbocycles. The average Bonchev–Trinajstić information content (AvgIpc) is 3.52. The molecule has 2 nitrogen and oxygen atoms in total. The number of hydrogen-bond donors (Lipinski definition) is 0. The van der Waals surface area contributed by atoms with Gasteiger partial charge in [-0.2, -0.15) is 0 Å². The molecular weight excluding hydrogens is 890 g/mol. The van der Waals surface area contributed by atoms with Crippen LogP contribution >= 0.6 is 22.6 Å². The second kappa shape index (κ2) is 24.5. The minimum Gasteiger partial charge on any atom is -0.399 e. The van der Waals surface area contributed by atoms with Crippen LogP contribution in [-0.4, -0.2) is 18.3 Å². The molecule has 0 radical (unpaired) electrons. The van der Waals surface area contributed by atoms with Crippen molar-refractivity contribution >= 4 is 35.2 Å². The molecule has 4 heteroatoms. The van der Waals surface area contributed by atoms with Crippen LogP contribution in [0.5, 0.6) is 0 Å². The third-order valence-electron chi connectivity index (χ3n) is 14.3. The molecule has 0 amide bonds. The molecule has 0 atom stereocenters. The lowest BCUT2D eigenvalue weighted by atomic mass is 9.72. The zero-order chi connectivity index (χ0) is 45.5. The largest absolute Gasteiger partial charge is 0.495 e. The molecule has 1 aliphatic heterocycles. The topological polar surface area (TPSA) is 18.5 Å². The molecule has 5 aromatic rings. The quantitative estimate of drug-likeness (QED) is 0.0330. The van der Waals surface area contributed by atoms with Crippen LogP contribution in [0.15, 0.2) is 97.1 Å². The predicted molar refractivity (Wildman–Crippen MR) is 288 cm³/mol. The second-order valence-electron chi connectivity index (χ2n) is 19.9. The summed E-state index contributed by atoms with van der Waals surface area (Å²) in [5, 5.41) is 0. The van der Waals surface area contributed by atoms with Gasteiger partial charge in [-0.1, -0.05) is 190 Å². The van der Waals surface area contributed by atoms with Crippen molar-refractivity contribution in [2.24, 2.45) is 0 Å². The molecule has 0 unspecified atom stereocenters. The van der Waals surface area contributed by atoms with Crippen LogP contribution in [0.25, 0.3) is 44.5 Å². The summed E-state index contributed by atoms with van der Waals surface area (Å²) >= 11 is 2.59. The smallest absolute Gasteiger partial charge is 0.399 e. The highest BCUT2D eigenvalue weighted by Crippen LogP contribution is 2.39. The Hall–Kier alpha value is -3.19. The summed E-state index contributed by atoms with van der Waals surface area (Å²) in [6.45, 7) is 17.9. The first kappa shape index (κ1) is 50.2. The molecule has 342 valence electrons. The van der Waals surface area contributed by atoms with Crippen LogP contribution in [0.4, 0.5) is 0 Å². The van der Waals surface area contributed by atoms with Crippen LogP contribution in [0.1, 0.15) is 180 Å². The maximum atomic E-state index is 6.71. The van der Waals surface area contributed by atoms with E-state index in [0.29, 0.717) is 0 Å². The Kier molecular flexibility index (Phi) is 19.3. The SMILES string of the molecule is CCCCCCc1cc(-c2ccc(-c3ccc(-c4ccc(-c5cc(CCCCCC)c(B6OC(C)(C)C(C)(C)O6)cc5CCCCCC)cc4)cc3)cc2)c(CCCCCC)cc1I. The van der Waals surface area contributed by atoms with Crippen molar-refractivity contribution in [3.63, 3.8) is 0 Å². The first-order chi connectivity index (χ1) is 31.0. The van der Waals surface area contributed by atoms with E-state index in [9.17, 15) is 0 Å². The Balaban J connectivity index is 1.23. The van der Waals surface area contributed by atoms with Crippen molar-refractivity contribution in [2.45, 2.75) is 195 Å². The number of rotatable bonds is 25. The summed E-state index contributed by atoms with van der Waals surface area (Å²) in [6.07, 6.45) is 24.7. The Morgan fingerprint density at radius 1 is 0.375 bits per heavy atom. The van der Waals surface area contributed by atoms with Gasteiger partial charge >= 0.3 is 7.12 Å². The molecule has 5 aromatic carbocycles. The number of hydrogen-bond acceptors (Lipinski definition) is 2. The maximum Gasteiger partial charge on any atom is 0.495 e. The van der Waals surface area contributed by atoms with Gasteiger partial charge in [-0.05, 0) is 186 Å². The van der Waals surface area contributed by atoms with E-state index in [2.05, 4.69) is 175 Å². The normalized spacial score (nSPS) is 14.4. The van der Waals surface area contributed by atoms with Gasteiger partial charge in [0.25, 0.3) is 0 Å². The van der Waals surface area contributed by atoms with Crippen molar-refractivity contribution in [1.82, 2.24) is 0 Å². The zero-order valence-corrected chi connectivity index (χ0v) is 43.3. The van der Waals surface area contributed by atoms with E-state index in [0.717, 1.165) is 19.3 Å². The molecule has 1 heterocycles. The summed E-state index contributed by atoms with van der Waals surface area (Å²) in [5.74, 6) is 0. The van der Waals surface area contributed by atoms with E-state index in [1.54, 1.807) is 0 Å². The Morgan fingerprint density at radius 2 is 0.688 bits per heavy atom. The molecule has 0 spiro atoms. The van der Waals surface area contributed by atoms with E-state index in [-0.39, 0.29) is 18.3 Å². The van der Waals surface area contributed by atoms with Crippen LogP contribution in [0.2, 0.25) is 0 Å². The molecule has 1 saturated heterocycles. The van der Waals surface area contributed by atoms with Crippen LogP contribution in [0, 0.1) is 3.57 Å². The number of aryl methyl sites for hydroxylation is 4. The minimum absolute atomic E-state index is 0.345. The standard InChI is InChI=1S/C60H80BIO2/c1-9-13-17-21-25-51-43-57(61-63-59(5,6)60(7,8)64-61)53(27-23-19-15-11-3)41-55(51)49-37-33-47(34-38-49)45-29-31-46(32-30-45)48-35-39-50(40-36-48)56-42-54(28-24-20-16-12-4)58(62)44-52(56)26-22-18-14-10-2/h29-44H,9-28H2,1-8H3. The summed E-state index contributed by atoms with van der Waals surface area (Å²) in [7, 11) is -0.345. The van der Waals surface area contributed by atoms with Gasteiger partial charge in [-0.25, -0.2) is 0 Å². The van der Waals surface area contributed by atoms with Gasteiger partial charge in [0.2, 0.25) is 0 Å². The van der Waals surface area contributed by atoms with E-state index in [1.807, 2.05) is 0 Å². The minimum atomic E-state index is -0.369. The summed E-state index contributed by atoms with van der Waals surface area (Å²) in [4.78, 5) is 0. The Morgan fingerprint density at radius 3 is 1.06 bits per heavy atom. The Bertz CT molecular complexity index is 2170. The predicted octanol–water partition coefficient (Wildman–Crippen LogP) is 17.7. The fraction of sp³-hybridized carbons (Fsp3) is 0.500. The summed E-state index contributed by atoms with van der Waals surface area (Å²) in [5.41, 5.74) is 16.7. The zero-order valence-electron chi connectivity index (χ0n) is 41.2. The van der Waals surface area contributed by atoms with E-state index >= 15 is 0 Å². The van der Waals surface area contributed by atoms with Crippen LogP contribution < -0.4 is 5.46 Å². The van der Waals surface area contributed by atoms with Crippen LogP contribution in [-0.2, 0) is 35.0 Å². The fourth-order valence-electron chi connectivity index (χ4n) is 9.42. The average molecular weight is 971 g/mol. The number of unbranched alkanes of at least 4 members (excludes halogenated alkanes) is 12. The molecule has 0 aromatic heterocycles. The van der Waals surface area contributed by atoms with E-state index < -0.39 is 0 Å². The monoisotopic (exact) mass is 971 g/mol. The number of benzene rings is 5. The molecular formula is C60H80BIO2. The molecule has 64 heavy (non-hydrogen) atoms. The fourth-order valence-corrected chi connectivity index (χ4v) is 10.2. The van der Waals surface area contributed by atoms with Gasteiger partial charge in [0.1, 0.15) is 0 Å². The highest BCUT2D eigenvalue weighted by Gasteiger charge is 2.52. The van der Waals surface area contributed by atoms with Crippen molar-refractivity contribution < 1.29 is 9.31 Å². The third kappa shape index (κ3) is 13.2. The summed E-state index contributed by atoms with van der Waals surface area (Å²) < 4.78 is 14.9. The van der Waals surface area contributed by atoms with Gasteiger partial charge < -0.3 is 9.31 Å². The summed E-state index contributed by atoms with van der Waals surface area (Å²) in [6, 6.07) is 37.9. The van der Waals surface area contributed by atoms with Crippen LogP contribution in [0.3, 0.4) is 0 Å². The van der Waals surface area contributed by atoms with Gasteiger partial charge in [-0.3, -0.25) is 0 Å². The highest BCUT2D eigenvalue weighted by molar-refractivity contribution is 14.1. The van der Waals surface area contributed by atoms with E-state index in [4.69, 9.17) is 9.31 Å². The third-order valence-corrected chi connectivity index (χ3v) is 15.3. The number of halogens is 1. The molecule has 0 bridgehead atoms. The van der Waals surface area contributed by atoms with Gasteiger partial charge in [0.15, 0.2) is 0 Å². The highest BCUT2D eigenvalue weighted by atomic mass is 127. The van der Waals surface area contributed by atoms with Gasteiger partial charge in [-0.15, -0.1) is 0 Å². The van der Waals surface area contributed by atoms with Crippen molar-refractivity contribution in [3.05, 3.63) is 123 Å². The first-order valence-electron chi connectivity index (χ1n) is 25.6. The Labute approximate surface area is 404 Å². The van der Waals surface area contributed by atoms with E-state index in [1.165, 1.54) is 185 Å². The lowest BCUT2D eigenvalue weighted by Crippen LogP contribution is -2.41. The lowest BCUT2D eigenvalue weighted by Gasteiger charge is -2.32. The second-order valence-corrected chi connectivity index (χ2v) is 21.0.